The topological polar surface area (TPSA) is 29.3 Å². The van der Waals surface area contributed by atoms with E-state index in [1.807, 2.05) is 0 Å². The fraction of sp³-hybridized carbons (Fsp3) is 1.00. The molecular weight excluding hydrogens is 136 g/mol. The molecule has 0 amide bonds. The maximum absolute atomic E-state index is 5.75. The molecule has 2 aliphatic heterocycles. The highest BCUT2D eigenvalue weighted by Crippen LogP contribution is 2.41. The zero-order valence-corrected chi connectivity index (χ0v) is 7.34. The summed E-state index contributed by atoms with van der Waals surface area (Å²) in [5.74, 6) is 0.769. The molecule has 0 spiro atoms. The van der Waals surface area contributed by atoms with Gasteiger partial charge >= 0.3 is 0 Å². The van der Waals surface area contributed by atoms with Gasteiger partial charge in [0.15, 0.2) is 0 Å². The van der Waals surface area contributed by atoms with Crippen LogP contribution in [0, 0.1) is 5.92 Å². The average molecular weight is 154 g/mol. The minimum Gasteiger partial charge on any atom is -0.330 e. The van der Waals surface area contributed by atoms with Gasteiger partial charge in [0.2, 0.25) is 0 Å². The van der Waals surface area contributed by atoms with Crippen LogP contribution in [0.1, 0.15) is 26.2 Å². The quantitative estimate of drug-likeness (QED) is 0.606. The third-order valence-corrected chi connectivity index (χ3v) is 3.74. The number of rotatable bonds is 1. The maximum atomic E-state index is 5.75. The van der Waals surface area contributed by atoms with Crippen LogP contribution < -0.4 is 5.73 Å². The fourth-order valence-electron chi connectivity index (χ4n) is 2.87. The van der Waals surface area contributed by atoms with Crippen molar-refractivity contribution in [3.05, 3.63) is 0 Å². The van der Waals surface area contributed by atoms with Gasteiger partial charge in [-0.3, -0.25) is 4.90 Å². The molecular formula is C9H18N2. The highest BCUT2D eigenvalue weighted by molar-refractivity contribution is 5.02. The Hall–Kier alpha value is -0.0800. The summed E-state index contributed by atoms with van der Waals surface area (Å²) in [6.45, 7) is 5.88. The van der Waals surface area contributed by atoms with Crippen molar-refractivity contribution in [3.8, 4) is 0 Å². The zero-order valence-electron chi connectivity index (χ0n) is 7.34. The minimum atomic E-state index is 0.481. The predicted molar refractivity (Wildman–Crippen MR) is 46.4 cm³/mol. The number of fused-ring (bicyclic) bond motifs is 1. The highest BCUT2D eigenvalue weighted by atomic mass is 15.2. The number of hydrogen-bond donors (Lipinski definition) is 1. The van der Waals surface area contributed by atoms with E-state index >= 15 is 0 Å². The van der Waals surface area contributed by atoms with Gasteiger partial charge in [-0.1, -0.05) is 0 Å². The molecule has 0 aliphatic carbocycles. The Labute approximate surface area is 68.7 Å². The Morgan fingerprint density at radius 3 is 3.09 bits per heavy atom. The van der Waals surface area contributed by atoms with E-state index in [1.54, 1.807) is 0 Å². The highest BCUT2D eigenvalue weighted by Gasteiger charge is 2.46. The molecule has 2 heteroatoms. The van der Waals surface area contributed by atoms with Gasteiger partial charge in [-0.15, -0.1) is 0 Å². The van der Waals surface area contributed by atoms with Crippen molar-refractivity contribution in [2.75, 3.05) is 19.6 Å². The van der Waals surface area contributed by atoms with Crippen LogP contribution >= 0.6 is 0 Å². The summed E-state index contributed by atoms with van der Waals surface area (Å²) in [6.07, 6.45) is 4.08. The van der Waals surface area contributed by atoms with E-state index in [4.69, 9.17) is 5.73 Å². The first-order valence-corrected chi connectivity index (χ1v) is 4.72. The van der Waals surface area contributed by atoms with E-state index in [1.165, 1.54) is 32.4 Å². The average Bonchev–Trinajstić information content (AvgIpc) is 2.44. The molecule has 0 aromatic carbocycles. The van der Waals surface area contributed by atoms with Gasteiger partial charge in [0.05, 0.1) is 0 Å². The molecule has 64 valence electrons. The molecule has 0 bridgehead atoms. The summed E-state index contributed by atoms with van der Waals surface area (Å²) in [5, 5.41) is 0. The third kappa shape index (κ3) is 0.926. The lowest BCUT2D eigenvalue weighted by atomic mass is 9.85. The first-order chi connectivity index (χ1) is 5.27. The summed E-state index contributed by atoms with van der Waals surface area (Å²) >= 11 is 0. The molecule has 0 aromatic heterocycles. The van der Waals surface area contributed by atoms with Gasteiger partial charge in [0.25, 0.3) is 0 Å². The molecule has 2 rings (SSSR count). The Bertz CT molecular complexity index is 158. The van der Waals surface area contributed by atoms with E-state index in [9.17, 15) is 0 Å². The smallest absolute Gasteiger partial charge is 0.0222 e. The van der Waals surface area contributed by atoms with Crippen molar-refractivity contribution in [3.63, 3.8) is 0 Å². The van der Waals surface area contributed by atoms with Gasteiger partial charge in [-0.05, 0) is 51.7 Å². The molecule has 2 fully saturated rings. The lowest BCUT2D eigenvalue weighted by Crippen LogP contribution is -2.42. The van der Waals surface area contributed by atoms with Crippen LogP contribution in [0.2, 0.25) is 0 Å². The van der Waals surface area contributed by atoms with Crippen LogP contribution in [0.3, 0.4) is 0 Å². The monoisotopic (exact) mass is 154 g/mol. The van der Waals surface area contributed by atoms with Crippen molar-refractivity contribution >= 4 is 0 Å². The van der Waals surface area contributed by atoms with E-state index < -0.39 is 0 Å². The van der Waals surface area contributed by atoms with Crippen LogP contribution in [0.4, 0.5) is 0 Å². The van der Waals surface area contributed by atoms with Gasteiger partial charge in [0.1, 0.15) is 0 Å². The van der Waals surface area contributed by atoms with E-state index in [2.05, 4.69) is 11.8 Å². The van der Waals surface area contributed by atoms with Crippen molar-refractivity contribution in [2.45, 2.75) is 31.7 Å². The van der Waals surface area contributed by atoms with Crippen LogP contribution in [0.15, 0.2) is 0 Å². The standard InChI is InChI=1S/C9H18N2/c1-9-4-2-5-11(9)6-3-8(9)7-10/h8H,2-7,10H2,1H3/t8-,9-/m0/s1. The molecule has 2 aliphatic rings. The zero-order chi connectivity index (χ0) is 7.90. The Morgan fingerprint density at radius 2 is 2.36 bits per heavy atom. The van der Waals surface area contributed by atoms with Crippen molar-refractivity contribution in [2.24, 2.45) is 11.7 Å². The molecule has 0 unspecified atom stereocenters. The lowest BCUT2D eigenvalue weighted by molar-refractivity contribution is 0.175. The normalized spacial score (nSPS) is 44.7. The second kappa shape index (κ2) is 2.46. The van der Waals surface area contributed by atoms with Crippen LogP contribution in [-0.2, 0) is 0 Å². The summed E-state index contributed by atoms with van der Waals surface area (Å²) in [7, 11) is 0. The maximum Gasteiger partial charge on any atom is 0.0222 e. The number of nitrogens with zero attached hydrogens (tertiary/aromatic N) is 1. The van der Waals surface area contributed by atoms with Gasteiger partial charge in [-0.25, -0.2) is 0 Å². The lowest BCUT2D eigenvalue weighted by Gasteiger charge is -2.32. The van der Waals surface area contributed by atoms with Crippen molar-refractivity contribution in [1.29, 1.82) is 0 Å². The summed E-state index contributed by atoms with van der Waals surface area (Å²) < 4.78 is 0. The van der Waals surface area contributed by atoms with Gasteiger partial charge in [-0.2, -0.15) is 0 Å². The Morgan fingerprint density at radius 1 is 1.55 bits per heavy atom. The Balaban J connectivity index is 2.16. The fourth-order valence-corrected chi connectivity index (χ4v) is 2.87. The van der Waals surface area contributed by atoms with Crippen molar-refractivity contribution < 1.29 is 0 Å². The number of nitrogens with two attached hydrogens (primary N) is 1. The van der Waals surface area contributed by atoms with Gasteiger partial charge < -0.3 is 5.73 Å². The first kappa shape index (κ1) is 7.56. The van der Waals surface area contributed by atoms with Crippen LogP contribution in [-0.4, -0.2) is 30.1 Å². The first-order valence-electron chi connectivity index (χ1n) is 4.72. The molecule has 0 radical (unpaired) electrons. The van der Waals surface area contributed by atoms with Crippen LogP contribution in [0.25, 0.3) is 0 Å². The molecule has 2 saturated heterocycles. The second-order valence-corrected chi connectivity index (χ2v) is 4.17. The SMILES string of the molecule is C[C@@]12CCCN1CC[C@H]2CN. The van der Waals surface area contributed by atoms with E-state index in [-0.39, 0.29) is 0 Å². The third-order valence-electron chi connectivity index (χ3n) is 3.74. The summed E-state index contributed by atoms with van der Waals surface area (Å²) in [5.41, 5.74) is 6.23. The summed E-state index contributed by atoms with van der Waals surface area (Å²) in [4.78, 5) is 2.63. The van der Waals surface area contributed by atoms with Gasteiger partial charge in [0, 0.05) is 5.54 Å². The molecule has 11 heavy (non-hydrogen) atoms. The Kier molecular flexibility index (Phi) is 1.69. The minimum absolute atomic E-state index is 0.481. The van der Waals surface area contributed by atoms with Crippen molar-refractivity contribution in [1.82, 2.24) is 4.90 Å². The molecule has 0 saturated carbocycles. The second-order valence-electron chi connectivity index (χ2n) is 4.17. The predicted octanol–water partition coefficient (Wildman–Crippen LogP) is 0.820. The van der Waals surface area contributed by atoms with Crippen LogP contribution in [0.5, 0.6) is 0 Å². The molecule has 2 nitrogen and oxygen atoms in total. The number of hydrogen-bond acceptors (Lipinski definition) is 2. The molecule has 2 atom stereocenters. The molecule has 0 aromatic rings. The largest absolute Gasteiger partial charge is 0.330 e. The molecule has 2 heterocycles. The summed E-state index contributed by atoms with van der Waals surface area (Å²) in [6, 6.07) is 0. The van der Waals surface area contributed by atoms with E-state index in [0.29, 0.717) is 5.54 Å². The molecule has 2 N–H and O–H groups in total. The van der Waals surface area contributed by atoms with E-state index in [0.717, 1.165) is 12.5 Å².